The van der Waals surface area contributed by atoms with Crippen LogP contribution in [0.3, 0.4) is 0 Å². The van der Waals surface area contributed by atoms with Crippen LogP contribution in [0.4, 0.5) is 21.9 Å². The SMILES string of the molecule is CC(=O)N(c1ccc(NC(=O)N(S)c2ccc(C(N)=O)cc2)cc1Cl)C1CCCCN1. The zero-order valence-corrected chi connectivity index (χ0v) is 18.6. The summed E-state index contributed by atoms with van der Waals surface area (Å²) in [5.41, 5.74) is 7.04. The highest BCUT2D eigenvalue weighted by Crippen LogP contribution is 2.32. The van der Waals surface area contributed by atoms with Gasteiger partial charge in [0, 0.05) is 18.2 Å². The number of hydrogen-bond donors (Lipinski definition) is 4. The Morgan fingerprint density at radius 3 is 2.42 bits per heavy atom. The molecule has 1 fully saturated rings. The first-order valence-electron chi connectivity index (χ1n) is 9.80. The van der Waals surface area contributed by atoms with Crippen molar-refractivity contribution in [1.82, 2.24) is 5.32 Å². The van der Waals surface area contributed by atoms with Gasteiger partial charge in [0.05, 0.1) is 22.6 Å². The summed E-state index contributed by atoms with van der Waals surface area (Å²) in [7, 11) is 0. The van der Waals surface area contributed by atoms with Crippen LogP contribution in [0.1, 0.15) is 36.5 Å². The molecule has 0 bridgehead atoms. The number of thiol groups is 1. The van der Waals surface area contributed by atoms with Crippen molar-refractivity contribution in [1.29, 1.82) is 0 Å². The van der Waals surface area contributed by atoms with Gasteiger partial charge in [-0.2, -0.15) is 0 Å². The van der Waals surface area contributed by atoms with Crippen LogP contribution in [0.25, 0.3) is 0 Å². The minimum atomic E-state index is -0.556. The van der Waals surface area contributed by atoms with Crippen LogP contribution in [0.15, 0.2) is 42.5 Å². The Balaban J connectivity index is 1.73. The normalized spacial score (nSPS) is 15.8. The molecular weight excluding hydrogens is 438 g/mol. The fourth-order valence-corrected chi connectivity index (χ4v) is 3.91. The second kappa shape index (κ2) is 10.0. The van der Waals surface area contributed by atoms with E-state index in [4.69, 9.17) is 17.3 Å². The van der Waals surface area contributed by atoms with E-state index in [1.165, 1.54) is 19.1 Å². The Kier molecular flexibility index (Phi) is 7.42. The first-order valence-corrected chi connectivity index (χ1v) is 10.6. The van der Waals surface area contributed by atoms with E-state index in [1.54, 1.807) is 35.2 Å². The Morgan fingerprint density at radius 1 is 1.16 bits per heavy atom. The van der Waals surface area contributed by atoms with Gasteiger partial charge in [0.15, 0.2) is 0 Å². The van der Waals surface area contributed by atoms with Crippen molar-refractivity contribution in [3.8, 4) is 0 Å². The van der Waals surface area contributed by atoms with E-state index in [9.17, 15) is 14.4 Å². The monoisotopic (exact) mass is 461 g/mol. The molecular formula is C21H24ClN5O3S. The first-order chi connectivity index (χ1) is 14.8. The maximum absolute atomic E-state index is 12.5. The summed E-state index contributed by atoms with van der Waals surface area (Å²) in [6.45, 7) is 2.35. The number of carbonyl (C=O) groups is 3. The third-order valence-corrected chi connectivity index (χ3v) is 5.70. The van der Waals surface area contributed by atoms with Crippen LogP contribution >= 0.6 is 24.4 Å². The van der Waals surface area contributed by atoms with Gasteiger partial charge in [-0.3, -0.25) is 19.8 Å². The Morgan fingerprint density at radius 2 is 1.87 bits per heavy atom. The summed E-state index contributed by atoms with van der Waals surface area (Å²) >= 11 is 10.7. The Bertz CT molecular complexity index is 979. The molecule has 164 valence electrons. The number of urea groups is 1. The first kappa shape index (κ1) is 22.9. The maximum atomic E-state index is 12.5. The number of nitrogens with one attached hydrogen (secondary N) is 2. The van der Waals surface area contributed by atoms with Gasteiger partial charge >= 0.3 is 6.03 Å². The van der Waals surface area contributed by atoms with E-state index < -0.39 is 11.9 Å². The fourth-order valence-electron chi connectivity index (χ4n) is 3.45. The van der Waals surface area contributed by atoms with E-state index >= 15 is 0 Å². The van der Waals surface area contributed by atoms with Gasteiger partial charge in [0.1, 0.15) is 0 Å². The van der Waals surface area contributed by atoms with Gasteiger partial charge in [-0.05, 0) is 68.3 Å². The molecule has 1 saturated heterocycles. The average molecular weight is 462 g/mol. The number of halogens is 1. The predicted octanol–water partition coefficient (Wildman–Crippen LogP) is 3.77. The summed E-state index contributed by atoms with van der Waals surface area (Å²) in [5, 5.41) is 6.40. The molecule has 10 heteroatoms. The third kappa shape index (κ3) is 5.49. The largest absolute Gasteiger partial charge is 0.366 e. The van der Waals surface area contributed by atoms with Crippen LogP contribution in [0.2, 0.25) is 5.02 Å². The van der Waals surface area contributed by atoms with Crippen molar-refractivity contribution in [2.24, 2.45) is 5.73 Å². The van der Waals surface area contributed by atoms with Gasteiger partial charge in [0.2, 0.25) is 11.8 Å². The molecule has 0 spiro atoms. The highest BCUT2D eigenvalue weighted by atomic mass is 35.5. The van der Waals surface area contributed by atoms with Crippen LogP contribution in [-0.2, 0) is 4.79 Å². The van der Waals surface area contributed by atoms with Gasteiger partial charge in [-0.25, -0.2) is 9.10 Å². The van der Waals surface area contributed by atoms with Gasteiger partial charge in [-0.1, -0.05) is 24.4 Å². The lowest BCUT2D eigenvalue weighted by Gasteiger charge is -2.35. The smallest absolute Gasteiger partial charge is 0.336 e. The number of amides is 4. The van der Waals surface area contributed by atoms with Crippen molar-refractivity contribution in [2.75, 3.05) is 21.1 Å². The zero-order valence-electron chi connectivity index (χ0n) is 17.0. The lowest BCUT2D eigenvalue weighted by molar-refractivity contribution is -0.117. The quantitative estimate of drug-likeness (QED) is 0.508. The van der Waals surface area contributed by atoms with Gasteiger partial charge in [0.25, 0.3) is 0 Å². The van der Waals surface area contributed by atoms with E-state index in [-0.39, 0.29) is 12.1 Å². The molecule has 0 radical (unpaired) electrons. The number of hydrogen-bond acceptors (Lipinski definition) is 5. The molecule has 31 heavy (non-hydrogen) atoms. The van der Waals surface area contributed by atoms with Gasteiger partial charge in [-0.15, -0.1) is 0 Å². The number of primary amides is 1. The highest BCUT2D eigenvalue weighted by Gasteiger charge is 2.26. The maximum Gasteiger partial charge on any atom is 0.336 e. The standard InChI is InChI=1S/C21H24ClN5O3S/c1-13(28)26(19-4-2-3-11-24-19)18-10-7-15(12-17(18)22)25-21(30)27(31)16-8-5-14(6-9-16)20(23)29/h5-10,12,19,24,31H,2-4,11H2,1H3,(H2,23,29)(H,25,30). The topological polar surface area (TPSA) is 108 Å². The molecule has 2 aromatic rings. The minimum Gasteiger partial charge on any atom is -0.366 e. The van der Waals surface area contributed by atoms with Crippen LogP contribution in [-0.4, -0.2) is 30.6 Å². The number of benzene rings is 2. The summed E-state index contributed by atoms with van der Waals surface area (Å²) in [5.74, 6) is -0.668. The second-order valence-corrected chi connectivity index (χ2v) is 7.98. The third-order valence-electron chi connectivity index (χ3n) is 4.98. The predicted molar refractivity (Wildman–Crippen MR) is 126 cm³/mol. The van der Waals surface area contributed by atoms with Crippen molar-refractivity contribution < 1.29 is 14.4 Å². The molecule has 1 unspecified atom stereocenters. The molecule has 1 aliphatic heterocycles. The van der Waals surface area contributed by atoms with Gasteiger partial charge < -0.3 is 11.1 Å². The van der Waals surface area contributed by atoms with E-state index in [0.29, 0.717) is 27.6 Å². The molecule has 1 aliphatic rings. The molecule has 4 amide bonds. The number of piperidine rings is 1. The number of rotatable bonds is 5. The molecule has 1 atom stereocenters. The summed E-state index contributed by atoms with van der Waals surface area (Å²) in [6, 6.07) is 10.6. The highest BCUT2D eigenvalue weighted by molar-refractivity contribution is 7.82. The molecule has 2 aromatic carbocycles. The van der Waals surface area contributed by atoms with Crippen molar-refractivity contribution in [3.05, 3.63) is 53.1 Å². The van der Waals surface area contributed by atoms with Crippen LogP contribution < -0.4 is 25.6 Å². The Labute approximate surface area is 191 Å². The summed E-state index contributed by atoms with van der Waals surface area (Å²) < 4.78 is 1.10. The molecule has 0 saturated carbocycles. The lowest BCUT2D eigenvalue weighted by atomic mass is 10.1. The van der Waals surface area contributed by atoms with Crippen LogP contribution in [0.5, 0.6) is 0 Å². The molecule has 0 aliphatic carbocycles. The summed E-state index contributed by atoms with van der Waals surface area (Å²) in [6.07, 6.45) is 2.84. The fraction of sp³-hybridized carbons (Fsp3) is 0.286. The second-order valence-electron chi connectivity index (χ2n) is 7.17. The number of carbonyl (C=O) groups excluding carboxylic acids is 3. The van der Waals surface area contributed by atoms with Crippen LogP contribution in [0, 0.1) is 0 Å². The minimum absolute atomic E-state index is 0.111. The zero-order chi connectivity index (χ0) is 22.5. The van der Waals surface area contributed by atoms with E-state index in [1.807, 2.05) is 0 Å². The number of anilines is 3. The van der Waals surface area contributed by atoms with E-state index in [2.05, 4.69) is 23.4 Å². The molecule has 4 N–H and O–H groups in total. The van der Waals surface area contributed by atoms with Crippen molar-refractivity contribution in [2.45, 2.75) is 32.4 Å². The molecule has 0 aromatic heterocycles. The van der Waals surface area contributed by atoms with E-state index in [0.717, 1.165) is 30.1 Å². The summed E-state index contributed by atoms with van der Waals surface area (Å²) in [4.78, 5) is 37.7. The number of nitrogens with two attached hydrogens (primary N) is 1. The molecule has 1 heterocycles. The average Bonchev–Trinajstić information content (AvgIpc) is 2.75. The molecule has 3 rings (SSSR count). The Hall–Kier alpha value is -2.75. The number of nitrogens with zero attached hydrogens (tertiary/aromatic N) is 2. The van der Waals surface area contributed by atoms with Crippen molar-refractivity contribution >= 4 is 59.3 Å². The molecule has 8 nitrogen and oxygen atoms in total. The van der Waals surface area contributed by atoms with Crippen molar-refractivity contribution in [3.63, 3.8) is 0 Å². The lowest BCUT2D eigenvalue weighted by Crippen LogP contribution is -2.50.